The molecule has 0 saturated carbocycles. The Labute approximate surface area is 102 Å². The lowest BCUT2D eigenvalue weighted by molar-refractivity contribution is 0.574. The van der Waals surface area contributed by atoms with E-state index in [4.69, 9.17) is 35.0 Å². The molecule has 1 N–H and O–H groups in total. The zero-order valence-corrected chi connectivity index (χ0v) is 10.0. The topological polar surface area (TPSA) is 15.3 Å². The molecule has 0 aromatic heterocycles. The molecule has 1 aromatic carbocycles. The molecule has 1 aliphatic rings. The van der Waals surface area contributed by atoms with E-state index in [0.717, 1.165) is 10.6 Å². The zero-order chi connectivity index (χ0) is 10.1. The predicted octanol–water partition coefficient (Wildman–Crippen LogP) is 3.70. The maximum Gasteiger partial charge on any atom is 0.143 e. The Hall–Kier alpha value is 0.200. The molecule has 0 radical (unpaired) electrons. The van der Waals surface area contributed by atoms with E-state index in [-0.39, 0.29) is 6.17 Å². The van der Waals surface area contributed by atoms with E-state index in [1.807, 2.05) is 24.3 Å². The molecule has 2 nitrogen and oxygen atoms in total. The highest BCUT2D eigenvalue weighted by atomic mass is 35.5. The van der Waals surface area contributed by atoms with Crippen molar-refractivity contribution in [3.05, 3.63) is 24.3 Å². The Balaban J connectivity index is 2.27. The molecule has 1 aliphatic heterocycles. The molecule has 14 heavy (non-hydrogen) atoms. The molecule has 0 aliphatic carbocycles. The molecule has 1 unspecified atom stereocenters. The normalized spacial score (nSPS) is 21.9. The lowest BCUT2D eigenvalue weighted by Crippen LogP contribution is -2.38. The number of fused-ring (bicyclic) bond motifs is 1. The van der Waals surface area contributed by atoms with Gasteiger partial charge in [-0.3, -0.25) is 0 Å². The molecule has 2 rings (SSSR count). The third-order valence-electron chi connectivity index (χ3n) is 1.83. The van der Waals surface area contributed by atoms with E-state index in [1.165, 1.54) is 15.8 Å². The van der Waals surface area contributed by atoms with Crippen LogP contribution in [0.4, 0.5) is 5.69 Å². The summed E-state index contributed by atoms with van der Waals surface area (Å²) in [5.41, 5.74) is 1.01. The third-order valence-corrected chi connectivity index (χ3v) is 3.68. The Kier molecular flexibility index (Phi) is 3.34. The van der Waals surface area contributed by atoms with Crippen molar-refractivity contribution in [2.45, 2.75) is 15.9 Å². The Bertz CT molecular complexity index is 334. The van der Waals surface area contributed by atoms with Gasteiger partial charge in [0, 0.05) is 4.90 Å². The average Bonchev–Trinajstić information content (AvgIpc) is 2.16. The summed E-state index contributed by atoms with van der Waals surface area (Å²) >= 11 is 18.9. The lowest BCUT2D eigenvalue weighted by atomic mass is 10.3. The van der Waals surface area contributed by atoms with Crippen molar-refractivity contribution in [2.24, 2.45) is 0 Å². The number of rotatable bonds is 1. The van der Waals surface area contributed by atoms with Crippen molar-refractivity contribution < 1.29 is 0 Å². The lowest BCUT2D eigenvalue weighted by Gasteiger charge is -2.32. The number of hydrogen-bond donors (Lipinski definition) is 1. The first kappa shape index (κ1) is 10.7. The molecule has 0 bridgehead atoms. The number of anilines is 1. The highest BCUT2D eigenvalue weighted by Crippen LogP contribution is 2.39. The van der Waals surface area contributed by atoms with Gasteiger partial charge >= 0.3 is 0 Å². The van der Waals surface area contributed by atoms with Gasteiger partial charge in [0.15, 0.2) is 0 Å². The van der Waals surface area contributed by atoms with Crippen LogP contribution in [0.15, 0.2) is 29.2 Å². The van der Waals surface area contributed by atoms with Crippen LogP contribution in [0.1, 0.15) is 0 Å². The van der Waals surface area contributed by atoms with Gasteiger partial charge in [-0.1, -0.05) is 12.1 Å². The van der Waals surface area contributed by atoms with Crippen LogP contribution in [-0.2, 0) is 0 Å². The molecule has 0 fully saturated rings. The average molecular weight is 270 g/mol. The van der Waals surface area contributed by atoms with Gasteiger partial charge in [0.25, 0.3) is 0 Å². The second-order valence-electron chi connectivity index (χ2n) is 2.78. The molecule has 0 spiro atoms. The van der Waals surface area contributed by atoms with Crippen LogP contribution in [0.3, 0.4) is 0 Å². The van der Waals surface area contributed by atoms with Crippen molar-refractivity contribution in [3.8, 4) is 0 Å². The minimum Gasteiger partial charge on any atom is -0.365 e. The largest absolute Gasteiger partial charge is 0.365 e. The fourth-order valence-electron chi connectivity index (χ4n) is 1.18. The number of hydrogen-bond acceptors (Lipinski definition) is 3. The fourth-order valence-corrected chi connectivity index (χ4v) is 3.00. The monoisotopic (exact) mass is 268 g/mol. The van der Waals surface area contributed by atoms with E-state index < -0.39 is 4.84 Å². The Morgan fingerprint density at radius 1 is 1.36 bits per heavy atom. The van der Waals surface area contributed by atoms with E-state index in [0.29, 0.717) is 0 Å². The highest BCUT2D eigenvalue weighted by molar-refractivity contribution is 7.98. The van der Waals surface area contributed by atoms with Gasteiger partial charge in [-0.05, 0) is 35.9 Å². The number of benzene rings is 1. The summed E-state index contributed by atoms with van der Waals surface area (Å²) in [5.74, 6) is 0. The Morgan fingerprint density at radius 2 is 2.07 bits per heavy atom. The first-order valence-electron chi connectivity index (χ1n) is 3.95. The quantitative estimate of drug-likeness (QED) is 0.475. The molecule has 0 amide bonds. The fraction of sp³-hybridized carbons (Fsp3) is 0.250. The summed E-state index contributed by atoms with van der Waals surface area (Å²) in [5, 5.41) is 3.16. The van der Waals surface area contributed by atoms with Gasteiger partial charge in [-0.15, -0.1) is 27.0 Å². The summed E-state index contributed by atoms with van der Waals surface area (Å²) in [4.78, 5) is 0.487. The second-order valence-corrected chi connectivity index (χ2v) is 5.53. The molecule has 1 heterocycles. The van der Waals surface area contributed by atoms with Gasteiger partial charge in [0.2, 0.25) is 0 Å². The van der Waals surface area contributed by atoms with Crippen molar-refractivity contribution in [1.82, 2.24) is 3.82 Å². The van der Waals surface area contributed by atoms with Crippen LogP contribution in [0.25, 0.3) is 0 Å². The minimum atomic E-state index is -0.576. The number of para-hydroxylation sites is 1. The summed E-state index contributed by atoms with van der Waals surface area (Å²) in [6.45, 7) is 0. The number of nitrogens with zero attached hydrogens (tertiary/aromatic N) is 1. The van der Waals surface area contributed by atoms with E-state index in [1.54, 1.807) is 0 Å². The van der Waals surface area contributed by atoms with E-state index in [9.17, 15) is 0 Å². The second kappa shape index (κ2) is 4.37. The molecule has 1 atom stereocenters. The van der Waals surface area contributed by atoms with Gasteiger partial charge in [-0.2, -0.15) is 0 Å². The molecular formula is C8H7Cl3N2S. The summed E-state index contributed by atoms with van der Waals surface area (Å²) in [7, 11) is 0. The van der Waals surface area contributed by atoms with Gasteiger partial charge in [0.1, 0.15) is 11.0 Å². The van der Waals surface area contributed by atoms with Crippen molar-refractivity contribution in [3.63, 3.8) is 0 Å². The summed E-state index contributed by atoms with van der Waals surface area (Å²) in [6, 6.07) is 7.85. The maximum absolute atomic E-state index is 5.97. The number of nitrogens with one attached hydrogen (secondary N) is 1. The van der Waals surface area contributed by atoms with E-state index in [2.05, 4.69) is 5.32 Å². The van der Waals surface area contributed by atoms with Crippen LogP contribution >= 0.6 is 46.9 Å². The third kappa shape index (κ3) is 2.07. The van der Waals surface area contributed by atoms with Crippen molar-refractivity contribution >= 4 is 52.6 Å². The SMILES string of the molecule is ClC(Cl)C1Nc2ccccc2SN1Cl. The molecule has 1 aromatic rings. The smallest absolute Gasteiger partial charge is 0.143 e. The molecular weight excluding hydrogens is 263 g/mol. The van der Waals surface area contributed by atoms with E-state index >= 15 is 0 Å². The van der Waals surface area contributed by atoms with Crippen LogP contribution in [0.5, 0.6) is 0 Å². The summed E-state index contributed by atoms with van der Waals surface area (Å²) in [6.07, 6.45) is -0.278. The molecule has 0 saturated heterocycles. The van der Waals surface area contributed by atoms with Crippen LogP contribution in [0.2, 0.25) is 0 Å². The predicted molar refractivity (Wildman–Crippen MR) is 62.9 cm³/mol. The van der Waals surface area contributed by atoms with Gasteiger partial charge < -0.3 is 5.32 Å². The minimum absolute atomic E-state index is 0.278. The molecule has 6 heteroatoms. The number of halogens is 3. The first-order chi connectivity index (χ1) is 6.68. The van der Waals surface area contributed by atoms with Crippen molar-refractivity contribution in [2.75, 3.05) is 5.32 Å². The van der Waals surface area contributed by atoms with Gasteiger partial charge in [0.05, 0.1) is 5.69 Å². The van der Waals surface area contributed by atoms with Crippen LogP contribution < -0.4 is 5.32 Å². The Morgan fingerprint density at radius 3 is 2.79 bits per heavy atom. The van der Waals surface area contributed by atoms with Crippen LogP contribution in [-0.4, -0.2) is 14.8 Å². The zero-order valence-electron chi connectivity index (χ0n) is 6.95. The number of alkyl halides is 2. The highest BCUT2D eigenvalue weighted by Gasteiger charge is 2.29. The van der Waals surface area contributed by atoms with Crippen molar-refractivity contribution in [1.29, 1.82) is 0 Å². The first-order valence-corrected chi connectivity index (χ1v) is 5.93. The molecule has 76 valence electrons. The summed E-state index contributed by atoms with van der Waals surface area (Å²) < 4.78 is 1.49. The standard InChI is InChI=1S/C8H7Cl3N2S/c9-7(10)8-12-5-3-1-2-4-6(5)14-13(8)11/h1-4,7-8,12H. The van der Waals surface area contributed by atoms with Crippen LogP contribution in [0, 0.1) is 0 Å². The van der Waals surface area contributed by atoms with Gasteiger partial charge in [-0.25, -0.2) is 0 Å². The maximum atomic E-state index is 5.97.